The molecule has 2 aromatic heterocycles. The summed E-state index contributed by atoms with van der Waals surface area (Å²) < 4.78 is 15.0. The lowest BCUT2D eigenvalue weighted by molar-refractivity contribution is -0.137. The van der Waals surface area contributed by atoms with Gasteiger partial charge >= 0.3 is 0 Å². The van der Waals surface area contributed by atoms with Gasteiger partial charge in [0.15, 0.2) is 5.82 Å². The van der Waals surface area contributed by atoms with Crippen LogP contribution in [0.15, 0.2) is 42.6 Å². The second kappa shape index (κ2) is 13.0. The van der Waals surface area contributed by atoms with Crippen LogP contribution < -0.4 is 0 Å². The molecule has 50 heavy (non-hydrogen) atoms. The molecule has 0 bridgehead atoms. The van der Waals surface area contributed by atoms with Crippen molar-refractivity contribution >= 4 is 44.9 Å². The Kier molecular flexibility index (Phi) is 9.00. The number of piperidine rings is 1. The number of thioether (sulfide) groups is 1. The van der Waals surface area contributed by atoms with Crippen LogP contribution in [0.5, 0.6) is 0 Å². The fraction of sp³-hybridized carbons (Fsp3) is 0.487. The Morgan fingerprint density at radius 1 is 1.04 bits per heavy atom. The van der Waals surface area contributed by atoms with Gasteiger partial charge in [-0.2, -0.15) is 0 Å². The lowest BCUT2D eigenvalue weighted by Crippen LogP contribution is -2.47. The van der Waals surface area contributed by atoms with Crippen LogP contribution >= 0.6 is 11.8 Å². The number of nitrogens with zero attached hydrogens (tertiary/aromatic N) is 4. The summed E-state index contributed by atoms with van der Waals surface area (Å²) >= 11 is 1.72. The van der Waals surface area contributed by atoms with Gasteiger partial charge in [0.25, 0.3) is 0 Å². The van der Waals surface area contributed by atoms with Gasteiger partial charge in [-0.3, -0.25) is 9.59 Å². The number of rotatable bonds is 7. The zero-order valence-electron chi connectivity index (χ0n) is 29.6. The molecule has 11 heteroatoms. The van der Waals surface area contributed by atoms with Gasteiger partial charge in [-0.25, -0.2) is 14.4 Å². The van der Waals surface area contributed by atoms with E-state index in [0.29, 0.717) is 29.1 Å². The fourth-order valence-corrected chi connectivity index (χ4v) is 8.71. The van der Waals surface area contributed by atoms with Gasteiger partial charge in [-0.05, 0) is 67.3 Å². The number of imidazole rings is 2. The average molecular weight is 708 g/mol. The predicted octanol–water partition coefficient (Wildman–Crippen LogP) is 7.34. The third kappa shape index (κ3) is 6.08. The number of carbonyl (C=O) groups excluding carboxylic acids is 2. The quantitative estimate of drug-likeness (QED) is 0.119. The molecule has 3 fully saturated rings. The van der Waals surface area contributed by atoms with Crippen molar-refractivity contribution in [1.82, 2.24) is 29.7 Å². The highest BCUT2D eigenvalue weighted by atomic mass is 32.2. The number of amides is 2. The maximum atomic E-state index is 15.4. The number of aromatic nitrogens is 4. The topological polar surface area (TPSA) is 98.0 Å². The highest BCUT2D eigenvalue weighted by Crippen LogP contribution is 2.67. The molecule has 5 atom stereocenters. The second-order valence-corrected chi connectivity index (χ2v) is 17.4. The first-order valence-corrected chi connectivity index (χ1v) is 19.1. The van der Waals surface area contributed by atoms with E-state index in [2.05, 4.69) is 50.9 Å². The van der Waals surface area contributed by atoms with E-state index in [-0.39, 0.29) is 39.8 Å². The minimum Gasteiger partial charge on any atom is -0.341 e. The number of H-pyrrole nitrogens is 2. The summed E-state index contributed by atoms with van der Waals surface area (Å²) in [6.07, 6.45) is 5.45. The minimum atomic E-state index is -0.644. The average Bonchev–Trinajstić information content (AvgIpc) is 3.48. The number of hydrogen-bond acceptors (Lipinski definition) is 5. The molecule has 7 rings (SSSR count). The summed E-state index contributed by atoms with van der Waals surface area (Å²) in [5.74, 6) is 8.11. The molecule has 3 aliphatic rings. The maximum absolute atomic E-state index is 15.4. The summed E-state index contributed by atoms with van der Waals surface area (Å²) in [7, 11) is 3.74. The lowest BCUT2D eigenvalue weighted by Gasteiger charge is -2.37. The standard InChI is InChI=1S/C39H44FN6O2SSi/c1-22(2)24(5)34(47)45-17-7-9-31(45)33-41-21-30(42-33)27-14-12-25(13-15-27)10-11-26-19-28(40)32-29(20-26)43-35(44-32)39-16-8-18-46(37(39)49-39)36(48)38(6,50)23(3)4/h12-15,19-24,31,37H,7-9,16-18H2,1-6H3,(H,41,42)(H,43,44). The van der Waals surface area contributed by atoms with Crippen molar-refractivity contribution in [2.75, 3.05) is 13.1 Å². The van der Waals surface area contributed by atoms with Crippen molar-refractivity contribution < 1.29 is 14.0 Å². The Bertz CT molecular complexity index is 2010. The van der Waals surface area contributed by atoms with Crippen LogP contribution in [-0.2, 0) is 14.3 Å². The number of hydrogen-bond donors (Lipinski definition) is 2. The monoisotopic (exact) mass is 707 g/mol. The van der Waals surface area contributed by atoms with E-state index in [1.807, 2.05) is 74.0 Å². The van der Waals surface area contributed by atoms with Crippen molar-refractivity contribution in [3.63, 3.8) is 0 Å². The van der Waals surface area contributed by atoms with Crippen LogP contribution in [0.2, 0.25) is 5.04 Å². The van der Waals surface area contributed by atoms with Crippen LogP contribution in [0.25, 0.3) is 22.3 Å². The SMILES string of the molecule is CC(C)C(C)C(=O)N1CCCC1c1ncc(-c2ccc(C#Cc3cc(F)c4nc(C56CCCN(C(=O)C(C)([Si])C(C)C)C5S6)[nH]c4c3)cc2)[nH]1. The Morgan fingerprint density at radius 2 is 1.76 bits per heavy atom. The normalized spacial score (nSPS) is 23.5. The number of carbonyl (C=O) groups is 2. The molecule has 5 heterocycles. The number of halogens is 1. The molecule has 8 nitrogen and oxygen atoms in total. The van der Waals surface area contributed by atoms with Gasteiger partial charge < -0.3 is 19.8 Å². The van der Waals surface area contributed by atoms with Crippen LogP contribution in [0, 0.1) is 35.4 Å². The third-order valence-electron chi connectivity index (χ3n) is 11.1. The van der Waals surface area contributed by atoms with Gasteiger partial charge in [0.05, 0.1) is 23.4 Å². The molecule has 4 aromatic rings. The van der Waals surface area contributed by atoms with E-state index < -0.39 is 10.9 Å². The highest BCUT2D eigenvalue weighted by molar-refractivity contribution is 8.08. The van der Waals surface area contributed by atoms with Crippen LogP contribution in [0.3, 0.4) is 0 Å². The molecule has 5 unspecified atom stereocenters. The zero-order chi connectivity index (χ0) is 35.5. The number of benzene rings is 2. The molecule has 3 radical (unpaired) electrons. The predicted molar refractivity (Wildman–Crippen MR) is 197 cm³/mol. The van der Waals surface area contributed by atoms with Crippen molar-refractivity contribution in [2.24, 2.45) is 17.8 Å². The Morgan fingerprint density at radius 3 is 2.48 bits per heavy atom. The summed E-state index contributed by atoms with van der Waals surface area (Å²) in [5, 5.41) is -0.660. The second-order valence-electron chi connectivity index (χ2n) is 15.0. The first-order valence-electron chi connectivity index (χ1n) is 17.7. The van der Waals surface area contributed by atoms with Crippen molar-refractivity contribution in [2.45, 2.75) is 88.4 Å². The van der Waals surface area contributed by atoms with Crippen LogP contribution in [0.1, 0.15) is 96.0 Å². The molecule has 2 amide bonds. The molecular formula is C39H44FN6O2SSi. The first-order chi connectivity index (χ1) is 23.8. The number of nitrogens with one attached hydrogen (secondary N) is 2. The van der Waals surface area contributed by atoms with E-state index in [0.717, 1.165) is 60.7 Å². The Hall–Kier alpha value is -3.88. The smallest absolute Gasteiger partial charge is 0.226 e. The third-order valence-corrected chi connectivity index (χ3v) is 13.5. The van der Waals surface area contributed by atoms with Gasteiger partial charge in [0, 0.05) is 45.4 Å². The van der Waals surface area contributed by atoms with E-state index in [1.54, 1.807) is 11.8 Å². The highest BCUT2D eigenvalue weighted by Gasteiger charge is 2.65. The number of aromatic amines is 2. The molecule has 259 valence electrons. The molecule has 3 saturated heterocycles. The molecular weight excluding hydrogens is 664 g/mol. The van der Waals surface area contributed by atoms with E-state index in [4.69, 9.17) is 4.98 Å². The van der Waals surface area contributed by atoms with Gasteiger partial charge in [-0.15, -0.1) is 11.8 Å². The molecule has 2 aromatic carbocycles. The van der Waals surface area contributed by atoms with Crippen LogP contribution in [0.4, 0.5) is 4.39 Å². The maximum Gasteiger partial charge on any atom is 0.226 e. The molecule has 0 spiro atoms. The minimum absolute atomic E-state index is 0.0162. The Balaban J connectivity index is 1.05. The van der Waals surface area contributed by atoms with E-state index in [9.17, 15) is 9.59 Å². The van der Waals surface area contributed by atoms with Crippen molar-refractivity contribution in [1.29, 1.82) is 0 Å². The van der Waals surface area contributed by atoms with Crippen LogP contribution in [-0.4, -0.2) is 70.3 Å². The van der Waals surface area contributed by atoms with Gasteiger partial charge in [-0.1, -0.05) is 65.5 Å². The lowest BCUT2D eigenvalue weighted by atomic mass is 9.91. The Labute approximate surface area is 301 Å². The van der Waals surface area contributed by atoms with E-state index >= 15 is 4.39 Å². The molecule has 3 aliphatic heterocycles. The summed E-state index contributed by atoms with van der Waals surface area (Å²) in [5.41, 5.74) is 4.12. The summed E-state index contributed by atoms with van der Waals surface area (Å²) in [4.78, 5) is 46.8. The van der Waals surface area contributed by atoms with Crippen molar-refractivity contribution in [3.05, 3.63) is 71.2 Å². The number of likely N-dealkylation sites (tertiary alicyclic amines) is 2. The summed E-state index contributed by atoms with van der Waals surface area (Å²) in [6, 6.07) is 11.1. The summed E-state index contributed by atoms with van der Waals surface area (Å²) in [6.45, 7) is 13.7. The largest absolute Gasteiger partial charge is 0.341 e. The molecule has 0 aliphatic carbocycles. The molecule has 0 saturated carbocycles. The zero-order valence-corrected chi connectivity index (χ0v) is 31.4. The number of fused-ring (bicyclic) bond motifs is 2. The fourth-order valence-electron chi connectivity index (χ4n) is 7.08. The van der Waals surface area contributed by atoms with Gasteiger partial charge in [0.1, 0.15) is 27.3 Å². The van der Waals surface area contributed by atoms with E-state index in [1.165, 1.54) is 6.07 Å². The van der Waals surface area contributed by atoms with Gasteiger partial charge in [0.2, 0.25) is 11.8 Å². The van der Waals surface area contributed by atoms with Crippen molar-refractivity contribution in [3.8, 4) is 23.1 Å². The molecule has 2 N–H and O–H groups in total. The first kappa shape index (κ1) is 34.6.